The highest BCUT2D eigenvalue weighted by atomic mass is 35.5. The zero-order valence-corrected chi connectivity index (χ0v) is 11.1. The summed E-state index contributed by atoms with van der Waals surface area (Å²) in [5, 5.41) is 5.12. The van der Waals surface area contributed by atoms with Gasteiger partial charge in [0.15, 0.2) is 0 Å². The molecule has 1 heterocycles. The Balaban J connectivity index is 2.13. The molecule has 0 aliphatic heterocycles. The van der Waals surface area contributed by atoms with Gasteiger partial charge < -0.3 is 0 Å². The number of nitrogens with zero attached hydrogens (tertiary/aromatic N) is 2. The van der Waals surface area contributed by atoms with Crippen LogP contribution in [0.4, 0.5) is 0 Å². The van der Waals surface area contributed by atoms with Gasteiger partial charge in [-0.2, -0.15) is 5.10 Å². The van der Waals surface area contributed by atoms with E-state index in [2.05, 4.69) is 5.10 Å². The summed E-state index contributed by atoms with van der Waals surface area (Å²) >= 11 is 11.9. The first-order valence-electron chi connectivity index (χ1n) is 5.49. The van der Waals surface area contributed by atoms with Gasteiger partial charge in [-0.05, 0) is 30.2 Å². The molecule has 1 aromatic carbocycles. The quantitative estimate of drug-likeness (QED) is 0.775. The topological polar surface area (TPSA) is 17.8 Å². The number of benzene rings is 1. The second kappa shape index (κ2) is 5.56. The third kappa shape index (κ3) is 3.24. The molecular weight excluding hydrogens is 255 g/mol. The maximum atomic E-state index is 6.03. The lowest BCUT2D eigenvalue weighted by Crippen LogP contribution is -2.05. The Bertz CT molecular complexity index is 476. The fourth-order valence-electron chi connectivity index (χ4n) is 1.82. The Labute approximate surface area is 111 Å². The third-order valence-electron chi connectivity index (χ3n) is 2.75. The highest BCUT2D eigenvalue weighted by Crippen LogP contribution is 2.23. The maximum Gasteiger partial charge on any atom is 0.0631 e. The number of aromatic nitrogens is 2. The molecule has 0 aliphatic carbocycles. The van der Waals surface area contributed by atoms with Gasteiger partial charge >= 0.3 is 0 Å². The van der Waals surface area contributed by atoms with Crippen LogP contribution in [-0.2, 0) is 13.5 Å². The summed E-state index contributed by atoms with van der Waals surface area (Å²) < 4.78 is 1.81. The van der Waals surface area contributed by atoms with E-state index in [-0.39, 0.29) is 5.92 Å². The molecule has 0 saturated heterocycles. The standard InChI is InChI=1S/C13H14Cl2N2/c1-17-7-6-13(16-17)8-11(9-14)10-2-4-12(15)5-3-10/h2-7,11H,8-9H2,1H3. The molecular formula is C13H14Cl2N2. The molecule has 0 N–H and O–H groups in total. The SMILES string of the molecule is Cn1ccc(CC(CCl)c2ccc(Cl)cc2)n1. The molecule has 90 valence electrons. The van der Waals surface area contributed by atoms with E-state index in [1.807, 2.05) is 48.3 Å². The van der Waals surface area contributed by atoms with Crippen molar-refractivity contribution in [2.75, 3.05) is 5.88 Å². The molecule has 4 heteroatoms. The molecule has 17 heavy (non-hydrogen) atoms. The summed E-state index contributed by atoms with van der Waals surface area (Å²) in [5.41, 5.74) is 2.27. The second-order valence-corrected chi connectivity index (χ2v) is 4.83. The van der Waals surface area contributed by atoms with E-state index in [0.717, 1.165) is 17.1 Å². The summed E-state index contributed by atoms with van der Waals surface area (Å²) in [6, 6.07) is 9.87. The van der Waals surface area contributed by atoms with Gasteiger partial charge in [0.05, 0.1) is 5.69 Å². The van der Waals surface area contributed by atoms with Crippen LogP contribution in [-0.4, -0.2) is 15.7 Å². The van der Waals surface area contributed by atoms with Crippen LogP contribution in [0.3, 0.4) is 0 Å². The first-order chi connectivity index (χ1) is 8.19. The Kier molecular flexibility index (Phi) is 4.08. The Morgan fingerprint density at radius 3 is 2.47 bits per heavy atom. The largest absolute Gasteiger partial charge is 0.276 e. The van der Waals surface area contributed by atoms with Gasteiger partial charge in [0.25, 0.3) is 0 Å². The summed E-state index contributed by atoms with van der Waals surface area (Å²) in [5.74, 6) is 0.863. The number of rotatable bonds is 4. The lowest BCUT2D eigenvalue weighted by Gasteiger charge is -2.12. The predicted octanol–water partition coefficient (Wildman–Crippen LogP) is 3.64. The van der Waals surface area contributed by atoms with Gasteiger partial charge in [0.1, 0.15) is 0 Å². The van der Waals surface area contributed by atoms with Gasteiger partial charge in [-0.15, -0.1) is 11.6 Å². The van der Waals surface area contributed by atoms with E-state index in [4.69, 9.17) is 23.2 Å². The summed E-state index contributed by atoms with van der Waals surface area (Å²) in [6.07, 6.45) is 2.80. The molecule has 0 spiro atoms. The minimum Gasteiger partial charge on any atom is -0.276 e. The van der Waals surface area contributed by atoms with Gasteiger partial charge in [-0.1, -0.05) is 23.7 Å². The van der Waals surface area contributed by atoms with Crippen LogP contribution < -0.4 is 0 Å². The van der Waals surface area contributed by atoms with Crippen molar-refractivity contribution in [2.45, 2.75) is 12.3 Å². The molecule has 1 unspecified atom stereocenters. The zero-order valence-electron chi connectivity index (χ0n) is 9.61. The number of hydrogen-bond donors (Lipinski definition) is 0. The van der Waals surface area contributed by atoms with E-state index in [1.165, 1.54) is 5.56 Å². The van der Waals surface area contributed by atoms with Crippen LogP contribution in [0.15, 0.2) is 36.5 Å². The normalized spacial score (nSPS) is 12.6. The average molecular weight is 269 g/mol. The highest BCUT2D eigenvalue weighted by molar-refractivity contribution is 6.30. The molecule has 2 nitrogen and oxygen atoms in total. The molecule has 2 aromatic rings. The first kappa shape index (κ1) is 12.5. The summed E-state index contributed by atoms with van der Waals surface area (Å²) in [6.45, 7) is 0. The molecule has 1 atom stereocenters. The lowest BCUT2D eigenvalue weighted by molar-refractivity contribution is 0.698. The molecule has 0 fully saturated rings. The summed E-state index contributed by atoms with van der Waals surface area (Å²) in [7, 11) is 1.92. The number of alkyl halides is 1. The van der Waals surface area contributed by atoms with Crippen LogP contribution in [0, 0.1) is 0 Å². The fraction of sp³-hybridized carbons (Fsp3) is 0.308. The van der Waals surface area contributed by atoms with Crippen molar-refractivity contribution >= 4 is 23.2 Å². The van der Waals surface area contributed by atoms with E-state index < -0.39 is 0 Å². The molecule has 0 radical (unpaired) electrons. The van der Waals surface area contributed by atoms with Crippen molar-refractivity contribution in [3.63, 3.8) is 0 Å². The van der Waals surface area contributed by atoms with Gasteiger partial charge in [0, 0.05) is 30.1 Å². The third-order valence-corrected chi connectivity index (χ3v) is 3.38. The van der Waals surface area contributed by atoms with Crippen LogP contribution in [0.5, 0.6) is 0 Å². The van der Waals surface area contributed by atoms with Crippen molar-refractivity contribution in [1.82, 2.24) is 9.78 Å². The Hall–Kier alpha value is -0.990. The number of aryl methyl sites for hydroxylation is 1. The second-order valence-electron chi connectivity index (χ2n) is 4.09. The van der Waals surface area contributed by atoms with E-state index in [0.29, 0.717) is 5.88 Å². The van der Waals surface area contributed by atoms with Crippen molar-refractivity contribution < 1.29 is 0 Å². The number of hydrogen-bond acceptors (Lipinski definition) is 1. The minimum atomic E-state index is 0.281. The zero-order chi connectivity index (χ0) is 12.3. The van der Waals surface area contributed by atoms with E-state index in [1.54, 1.807) is 0 Å². The van der Waals surface area contributed by atoms with E-state index >= 15 is 0 Å². The van der Waals surface area contributed by atoms with Crippen molar-refractivity contribution in [1.29, 1.82) is 0 Å². The van der Waals surface area contributed by atoms with Crippen molar-refractivity contribution in [3.8, 4) is 0 Å². The molecule has 0 aliphatic rings. The Morgan fingerprint density at radius 2 is 1.94 bits per heavy atom. The van der Waals surface area contributed by atoms with Gasteiger partial charge in [-0.3, -0.25) is 4.68 Å². The van der Waals surface area contributed by atoms with Crippen LogP contribution in [0.25, 0.3) is 0 Å². The molecule has 0 amide bonds. The van der Waals surface area contributed by atoms with Crippen molar-refractivity contribution in [3.05, 3.63) is 52.8 Å². The lowest BCUT2D eigenvalue weighted by atomic mass is 9.96. The smallest absolute Gasteiger partial charge is 0.0631 e. The fourth-order valence-corrected chi connectivity index (χ4v) is 2.23. The molecule has 1 aromatic heterocycles. The number of halogens is 2. The summed E-state index contributed by atoms with van der Waals surface area (Å²) in [4.78, 5) is 0. The van der Waals surface area contributed by atoms with Gasteiger partial charge in [-0.25, -0.2) is 0 Å². The first-order valence-corrected chi connectivity index (χ1v) is 6.40. The minimum absolute atomic E-state index is 0.281. The van der Waals surface area contributed by atoms with Crippen LogP contribution >= 0.6 is 23.2 Å². The Morgan fingerprint density at radius 1 is 1.24 bits per heavy atom. The molecule has 0 bridgehead atoms. The molecule has 2 rings (SSSR count). The van der Waals surface area contributed by atoms with Crippen LogP contribution in [0.1, 0.15) is 17.2 Å². The van der Waals surface area contributed by atoms with Crippen molar-refractivity contribution in [2.24, 2.45) is 7.05 Å². The highest BCUT2D eigenvalue weighted by Gasteiger charge is 2.12. The predicted molar refractivity (Wildman–Crippen MR) is 71.8 cm³/mol. The maximum absolute atomic E-state index is 6.03. The monoisotopic (exact) mass is 268 g/mol. The average Bonchev–Trinajstić information content (AvgIpc) is 2.73. The van der Waals surface area contributed by atoms with Crippen LogP contribution in [0.2, 0.25) is 5.02 Å². The van der Waals surface area contributed by atoms with E-state index in [9.17, 15) is 0 Å². The van der Waals surface area contributed by atoms with Gasteiger partial charge in [0.2, 0.25) is 0 Å². The molecule has 0 saturated carbocycles.